The number of benzene rings is 2. The molecule has 1 fully saturated rings. The molecule has 0 bridgehead atoms. The van der Waals surface area contributed by atoms with Gasteiger partial charge in [-0.1, -0.05) is 29.3 Å². The normalized spacial score (nSPS) is 15.5. The molecular weight excluding hydrogens is 445 g/mol. The Hall–Kier alpha value is -3.10. The first-order chi connectivity index (χ1) is 14.7. The van der Waals surface area contributed by atoms with Crippen molar-refractivity contribution in [3.05, 3.63) is 52.5 Å². The highest BCUT2D eigenvalue weighted by Gasteiger charge is 2.37. The summed E-state index contributed by atoms with van der Waals surface area (Å²) in [4.78, 5) is 49.1. The average Bonchev–Trinajstić information content (AvgIpc) is 3.11. The molecule has 3 rings (SSSR count). The van der Waals surface area contributed by atoms with E-state index in [9.17, 15) is 19.2 Å². The van der Waals surface area contributed by atoms with Crippen molar-refractivity contribution < 1.29 is 23.9 Å². The third-order valence-corrected chi connectivity index (χ3v) is 5.32. The minimum atomic E-state index is -0.715. The Morgan fingerprint density at radius 2 is 1.71 bits per heavy atom. The molecule has 2 aromatic carbocycles. The van der Waals surface area contributed by atoms with Crippen LogP contribution in [0.3, 0.4) is 0 Å². The molecule has 1 aliphatic rings. The standard InChI is InChI=1S/C21H19Cl2N3O5/c1-12(27)24-14-5-7-15(8-6-14)25-18(28)11-31-21(30)13-9-19(29)26(10-13)17-4-2-3-16(22)20(17)23/h2-8,13H,9-11H2,1H3,(H,24,27)(H,25,28)/t13-/m0/s1. The zero-order valence-electron chi connectivity index (χ0n) is 16.5. The molecule has 0 radical (unpaired) electrons. The first kappa shape index (κ1) is 22.6. The van der Waals surface area contributed by atoms with E-state index in [2.05, 4.69) is 10.6 Å². The van der Waals surface area contributed by atoms with Gasteiger partial charge in [-0.25, -0.2) is 0 Å². The van der Waals surface area contributed by atoms with E-state index in [1.54, 1.807) is 42.5 Å². The fraction of sp³-hybridized carbons (Fsp3) is 0.238. The number of halogens is 2. The van der Waals surface area contributed by atoms with Gasteiger partial charge in [-0.15, -0.1) is 0 Å². The molecule has 0 spiro atoms. The lowest BCUT2D eigenvalue weighted by Crippen LogP contribution is -2.28. The number of amides is 3. The first-order valence-corrected chi connectivity index (χ1v) is 10.1. The zero-order chi connectivity index (χ0) is 22.5. The number of hydrogen-bond donors (Lipinski definition) is 2. The van der Waals surface area contributed by atoms with Gasteiger partial charge in [-0.2, -0.15) is 0 Å². The van der Waals surface area contributed by atoms with Gasteiger partial charge in [-0.05, 0) is 36.4 Å². The van der Waals surface area contributed by atoms with Gasteiger partial charge in [0.2, 0.25) is 11.8 Å². The van der Waals surface area contributed by atoms with Crippen LogP contribution in [0.15, 0.2) is 42.5 Å². The van der Waals surface area contributed by atoms with Crippen molar-refractivity contribution in [3.63, 3.8) is 0 Å². The number of esters is 1. The monoisotopic (exact) mass is 463 g/mol. The van der Waals surface area contributed by atoms with Gasteiger partial charge in [0.1, 0.15) is 0 Å². The van der Waals surface area contributed by atoms with Gasteiger partial charge in [-0.3, -0.25) is 19.2 Å². The van der Waals surface area contributed by atoms with Crippen molar-refractivity contribution in [2.45, 2.75) is 13.3 Å². The number of nitrogens with zero attached hydrogens (tertiary/aromatic N) is 1. The summed E-state index contributed by atoms with van der Waals surface area (Å²) in [6.07, 6.45) is -0.0477. The van der Waals surface area contributed by atoms with Gasteiger partial charge in [0.15, 0.2) is 6.61 Å². The van der Waals surface area contributed by atoms with E-state index in [4.69, 9.17) is 27.9 Å². The molecule has 1 atom stereocenters. The summed E-state index contributed by atoms with van der Waals surface area (Å²) in [6.45, 7) is 0.990. The highest BCUT2D eigenvalue weighted by Crippen LogP contribution is 2.35. The highest BCUT2D eigenvalue weighted by molar-refractivity contribution is 6.44. The van der Waals surface area contributed by atoms with E-state index in [1.807, 2.05) is 0 Å². The largest absolute Gasteiger partial charge is 0.455 e. The summed E-state index contributed by atoms with van der Waals surface area (Å²) in [5, 5.41) is 5.74. The van der Waals surface area contributed by atoms with Crippen LogP contribution in [0.4, 0.5) is 17.1 Å². The van der Waals surface area contributed by atoms with Crippen LogP contribution < -0.4 is 15.5 Å². The zero-order valence-corrected chi connectivity index (χ0v) is 18.0. The second-order valence-electron chi connectivity index (χ2n) is 6.89. The smallest absolute Gasteiger partial charge is 0.311 e. The van der Waals surface area contributed by atoms with Crippen molar-refractivity contribution in [1.29, 1.82) is 0 Å². The highest BCUT2D eigenvalue weighted by atomic mass is 35.5. The van der Waals surface area contributed by atoms with Crippen molar-refractivity contribution in [2.24, 2.45) is 5.92 Å². The molecule has 2 aromatic rings. The quantitative estimate of drug-likeness (QED) is 0.637. The summed E-state index contributed by atoms with van der Waals surface area (Å²) in [6, 6.07) is 11.4. The van der Waals surface area contributed by atoms with Crippen LogP contribution in [0.1, 0.15) is 13.3 Å². The van der Waals surface area contributed by atoms with Crippen molar-refractivity contribution in [3.8, 4) is 0 Å². The maximum atomic E-state index is 12.3. The second-order valence-corrected chi connectivity index (χ2v) is 7.68. The maximum absolute atomic E-state index is 12.3. The van der Waals surface area contributed by atoms with E-state index in [1.165, 1.54) is 11.8 Å². The van der Waals surface area contributed by atoms with Crippen molar-refractivity contribution >= 4 is 64.0 Å². The molecule has 1 saturated heterocycles. The Labute approximate surface area is 188 Å². The van der Waals surface area contributed by atoms with E-state index in [0.717, 1.165) is 0 Å². The van der Waals surface area contributed by atoms with Gasteiger partial charge in [0.25, 0.3) is 5.91 Å². The second kappa shape index (κ2) is 9.80. The number of carbonyl (C=O) groups excluding carboxylic acids is 4. The summed E-state index contributed by atoms with van der Waals surface area (Å²) >= 11 is 12.2. The molecule has 2 N–H and O–H groups in total. The fourth-order valence-electron chi connectivity index (χ4n) is 3.09. The van der Waals surface area contributed by atoms with Gasteiger partial charge >= 0.3 is 5.97 Å². The summed E-state index contributed by atoms with van der Waals surface area (Å²) in [5.41, 5.74) is 1.50. The van der Waals surface area contributed by atoms with E-state index in [0.29, 0.717) is 22.1 Å². The Kier molecular flexibility index (Phi) is 7.14. The topological polar surface area (TPSA) is 105 Å². The number of hydrogen-bond acceptors (Lipinski definition) is 5. The minimum Gasteiger partial charge on any atom is -0.455 e. The predicted molar refractivity (Wildman–Crippen MR) is 117 cm³/mol. The van der Waals surface area contributed by atoms with Crippen molar-refractivity contribution in [1.82, 2.24) is 0 Å². The Balaban J connectivity index is 1.51. The molecule has 10 heteroatoms. The number of rotatable bonds is 6. The van der Waals surface area contributed by atoms with Crippen LogP contribution in [-0.4, -0.2) is 36.8 Å². The number of nitrogens with one attached hydrogen (secondary N) is 2. The van der Waals surface area contributed by atoms with Gasteiger partial charge in [0.05, 0.1) is 21.7 Å². The van der Waals surface area contributed by atoms with E-state index in [-0.39, 0.29) is 29.8 Å². The summed E-state index contributed by atoms with van der Waals surface area (Å²) < 4.78 is 5.08. The average molecular weight is 464 g/mol. The molecule has 8 nitrogen and oxygen atoms in total. The molecule has 0 aliphatic carbocycles. The third kappa shape index (κ3) is 5.74. The van der Waals surface area contributed by atoms with Gasteiger partial charge < -0.3 is 20.3 Å². The molecule has 0 saturated carbocycles. The molecule has 1 aliphatic heterocycles. The Bertz CT molecular complexity index is 1030. The predicted octanol–water partition coefficient (Wildman–Crippen LogP) is 3.49. The Morgan fingerprint density at radius 3 is 2.35 bits per heavy atom. The SMILES string of the molecule is CC(=O)Nc1ccc(NC(=O)COC(=O)[C@H]2CC(=O)N(c3cccc(Cl)c3Cl)C2)cc1. The number of carbonyl (C=O) groups is 4. The third-order valence-electron chi connectivity index (χ3n) is 4.51. The van der Waals surface area contributed by atoms with Crippen LogP contribution in [0.5, 0.6) is 0 Å². The van der Waals surface area contributed by atoms with E-state index < -0.39 is 24.4 Å². The molecule has 31 heavy (non-hydrogen) atoms. The fourth-order valence-corrected chi connectivity index (χ4v) is 3.49. The Morgan fingerprint density at radius 1 is 1.06 bits per heavy atom. The van der Waals surface area contributed by atoms with Crippen LogP contribution in [0, 0.1) is 5.92 Å². The van der Waals surface area contributed by atoms with Crippen LogP contribution in [-0.2, 0) is 23.9 Å². The van der Waals surface area contributed by atoms with Crippen LogP contribution in [0.2, 0.25) is 10.0 Å². The van der Waals surface area contributed by atoms with E-state index >= 15 is 0 Å². The molecule has 0 aromatic heterocycles. The number of anilines is 3. The van der Waals surface area contributed by atoms with Crippen LogP contribution >= 0.6 is 23.2 Å². The lowest BCUT2D eigenvalue weighted by Gasteiger charge is -2.18. The lowest BCUT2D eigenvalue weighted by molar-refractivity contribution is -0.151. The maximum Gasteiger partial charge on any atom is 0.311 e. The molecule has 3 amide bonds. The summed E-state index contributed by atoms with van der Waals surface area (Å²) in [5.74, 6) is -2.38. The molecule has 162 valence electrons. The first-order valence-electron chi connectivity index (χ1n) is 9.33. The molecule has 1 heterocycles. The van der Waals surface area contributed by atoms with Crippen LogP contribution in [0.25, 0.3) is 0 Å². The molecule has 0 unspecified atom stereocenters. The number of ether oxygens (including phenoxy) is 1. The minimum absolute atomic E-state index is 0.0477. The van der Waals surface area contributed by atoms with Gasteiger partial charge in [0, 0.05) is 31.3 Å². The lowest BCUT2D eigenvalue weighted by atomic mass is 10.1. The molecular formula is C21H19Cl2N3O5. The summed E-state index contributed by atoms with van der Waals surface area (Å²) in [7, 11) is 0. The van der Waals surface area contributed by atoms with Crippen molar-refractivity contribution in [2.75, 3.05) is 28.7 Å².